The van der Waals surface area contributed by atoms with Crippen molar-refractivity contribution >= 4 is 18.1 Å². The third kappa shape index (κ3) is 5.11. The summed E-state index contributed by atoms with van der Waals surface area (Å²) in [5.41, 5.74) is 1.85. The van der Waals surface area contributed by atoms with Gasteiger partial charge in [-0.05, 0) is 24.7 Å². The number of nitrogens with one attached hydrogen (secondary N) is 2. The van der Waals surface area contributed by atoms with Crippen LogP contribution in [0.1, 0.15) is 23.6 Å². The molecule has 0 aliphatic heterocycles. The number of benzene rings is 2. The minimum Gasteiger partial charge on any atom is -0.341 e. The fraction of sp³-hybridized carbons (Fsp3) is 0.250. The fourth-order valence-corrected chi connectivity index (χ4v) is 3.12. The summed E-state index contributed by atoms with van der Waals surface area (Å²) in [5.74, 6) is -0.202. The number of carbonyl (C=O) groups is 1. The molecule has 1 aromatic heterocycles. The average molecular weight is 420 g/mol. The average Bonchev–Trinajstić information content (AvgIpc) is 3.05. The van der Waals surface area contributed by atoms with Crippen LogP contribution in [0.3, 0.4) is 0 Å². The molecule has 152 valence electrons. The molecule has 0 saturated heterocycles. The number of aryl methyl sites for hydroxylation is 1. The standard InChI is InChI=1S/C20H19F3N4OS/c1-13-7-9-15(10-8-13)18-25-26-19(29)27(18)12-11-16(28)24-17(20(21,22)23)14-5-3-2-4-6-14/h2-10,17H,11-12H2,1H3,(H,24,28)(H,26,29). The molecule has 1 unspecified atom stereocenters. The van der Waals surface area contributed by atoms with Gasteiger partial charge in [0.1, 0.15) is 0 Å². The normalized spacial score (nSPS) is 12.6. The summed E-state index contributed by atoms with van der Waals surface area (Å²) in [7, 11) is 0. The zero-order chi connectivity index (χ0) is 21.0. The highest BCUT2D eigenvalue weighted by atomic mass is 32.1. The smallest absolute Gasteiger partial charge is 0.341 e. The van der Waals surface area contributed by atoms with Gasteiger partial charge in [0.05, 0.1) is 0 Å². The second-order valence-electron chi connectivity index (χ2n) is 6.57. The van der Waals surface area contributed by atoms with Gasteiger partial charge in [-0.2, -0.15) is 18.3 Å². The van der Waals surface area contributed by atoms with Gasteiger partial charge in [0, 0.05) is 18.5 Å². The van der Waals surface area contributed by atoms with Crippen LogP contribution in [0, 0.1) is 11.7 Å². The molecule has 0 aliphatic carbocycles. The number of carbonyl (C=O) groups excluding carboxylic acids is 1. The summed E-state index contributed by atoms with van der Waals surface area (Å²) in [5, 5.41) is 8.92. The van der Waals surface area contributed by atoms with Crippen LogP contribution in [0.25, 0.3) is 11.4 Å². The minimum absolute atomic E-state index is 0.0198. The van der Waals surface area contributed by atoms with Crippen LogP contribution in [0.4, 0.5) is 13.2 Å². The van der Waals surface area contributed by atoms with Gasteiger partial charge in [0.2, 0.25) is 5.91 Å². The van der Waals surface area contributed by atoms with Gasteiger partial charge in [-0.1, -0.05) is 60.2 Å². The van der Waals surface area contributed by atoms with E-state index in [0.29, 0.717) is 10.6 Å². The van der Waals surface area contributed by atoms with E-state index < -0.39 is 18.1 Å². The molecule has 3 aromatic rings. The van der Waals surface area contributed by atoms with E-state index in [4.69, 9.17) is 12.2 Å². The Morgan fingerprint density at radius 1 is 1.17 bits per heavy atom. The third-order valence-corrected chi connectivity index (χ3v) is 4.71. The first-order valence-electron chi connectivity index (χ1n) is 8.89. The van der Waals surface area contributed by atoms with E-state index >= 15 is 0 Å². The van der Waals surface area contributed by atoms with E-state index in [9.17, 15) is 18.0 Å². The summed E-state index contributed by atoms with van der Waals surface area (Å²) in [6.45, 7) is 2.05. The van der Waals surface area contributed by atoms with Crippen molar-refractivity contribution in [2.45, 2.75) is 32.1 Å². The van der Waals surface area contributed by atoms with Gasteiger partial charge < -0.3 is 5.32 Å². The number of halogens is 3. The van der Waals surface area contributed by atoms with Crippen LogP contribution in [-0.2, 0) is 11.3 Å². The summed E-state index contributed by atoms with van der Waals surface area (Å²) in [6, 6.07) is 12.8. The van der Waals surface area contributed by atoms with Crippen molar-refractivity contribution in [1.29, 1.82) is 0 Å². The number of aromatic amines is 1. The van der Waals surface area contributed by atoms with E-state index in [1.807, 2.05) is 31.2 Å². The zero-order valence-corrected chi connectivity index (χ0v) is 16.3. The molecule has 1 amide bonds. The maximum Gasteiger partial charge on any atom is 0.412 e. The molecule has 0 aliphatic rings. The summed E-state index contributed by atoms with van der Waals surface area (Å²) < 4.78 is 42.1. The van der Waals surface area contributed by atoms with Crippen molar-refractivity contribution in [3.63, 3.8) is 0 Å². The molecule has 1 heterocycles. The van der Waals surface area contributed by atoms with Gasteiger partial charge in [0.15, 0.2) is 16.6 Å². The van der Waals surface area contributed by atoms with Gasteiger partial charge in [-0.15, -0.1) is 0 Å². The van der Waals surface area contributed by atoms with Crippen LogP contribution in [0.2, 0.25) is 0 Å². The quantitative estimate of drug-likeness (QED) is 0.567. The topological polar surface area (TPSA) is 62.7 Å². The van der Waals surface area contributed by atoms with Crippen molar-refractivity contribution < 1.29 is 18.0 Å². The fourth-order valence-electron chi connectivity index (χ4n) is 2.89. The molecule has 0 fully saturated rings. The molecule has 2 N–H and O–H groups in total. The lowest BCUT2D eigenvalue weighted by Crippen LogP contribution is -2.38. The number of hydrogen-bond donors (Lipinski definition) is 2. The van der Waals surface area contributed by atoms with Crippen LogP contribution in [0.15, 0.2) is 54.6 Å². The maximum atomic E-state index is 13.4. The molecule has 0 spiro atoms. The Balaban J connectivity index is 1.73. The zero-order valence-electron chi connectivity index (χ0n) is 15.5. The van der Waals surface area contributed by atoms with Gasteiger partial charge in [0.25, 0.3) is 0 Å². The highest BCUT2D eigenvalue weighted by Gasteiger charge is 2.41. The number of amides is 1. The second-order valence-corrected chi connectivity index (χ2v) is 6.96. The molecule has 0 saturated carbocycles. The Morgan fingerprint density at radius 3 is 2.45 bits per heavy atom. The molecular formula is C20H19F3N4OS. The van der Waals surface area contributed by atoms with Crippen LogP contribution in [0.5, 0.6) is 0 Å². The number of alkyl halides is 3. The minimum atomic E-state index is -4.60. The molecular weight excluding hydrogens is 401 g/mol. The Labute approximate surface area is 170 Å². The first-order valence-corrected chi connectivity index (χ1v) is 9.30. The van der Waals surface area contributed by atoms with Crippen molar-refractivity contribution in [3.05, 3.63) is 70.5 Å². The lowest BCUT2D eigenvalue weighted by atomic mass is 10.1. The van der Waals surface area contributed by atoms with E-state index in [-0.39, 0.29) is 18.5 Å². The maximum absolute atomic E-state index is 13.4. The van der Waals surface area contributed by atoms with Crippen LogP contribution < -0.4 is 5.32 Å². The van der Waals surface area contributed by atoms with Crippen molar-refractivity contribution in [2.75, 3.05) is 0 Å². The number of H-pyrrole nitrogens is 1. The largest absolute Gasteiger partial charge is 0.412 e. The van der Waals surface area contributed by atoms with Crippen LogP contribution >= 0.6 is 12.2 Å². The van der Waals surface area contributed by atoms with Crippen molar-refractivity contribution in [1.82, 2.24) is 20.1 Å². The Morgan fingerprint density at radius 2 is 1.83 bits per heavy atom. The number of nitrogens with zero attached hydrogens (tertiary/aromatic N) is 2. The molecule has 29 heavy (non-hydrogen) atoms. The highest BCUT2D eigenvalue weighted by molar-refractivity contribution is 7.71. The first kappa shape index (κ1) is 20.8. The number of hydrogen-bond acceptors (Lipinski definition) is 3. The van der Waals surface area contributed by atoms with Crippen molar-refractivity contribution in [3.8, 4) is 11.4 Å². The predicted octanol–water partition coefficient (Wildman–Crippen LogP) is 4.73. The van der Waals surface area contributed by atoms with Gasteiger partial charge in [-0.25, -0.2) is 0 Å². The molecule has 9 heteroatoms. The van der Waals surface area contributed by atoms with Crippen molar-refractivity contribution in [2.24, 2.45) is 0 Å². The molecule has 2 aromatic carbocycles. The lowest BCUT2D eigenvalue weighted by molar-refractivity contribution is -0.163. The molecule has 1 atom stereocenters. The van der Waals surface area contributed by atoms with E-state index in [2.05, 4.69) is 15.5 Å². The monoisotopic (exact) mass is 420 g/mol. The molecule has 0 bridgehead atoms. The SMILES string of the molecule is Cc1ccc(-c2n[nH]c(=S)n2CCC(=O)NC(c2ccccc2)C(F)(F)F)cc1. The summed E-state index contributed by atoms with van der Waals surface area (Å²) in [6.07, 6.45) is -4.78. The number of rotatable bonds is 6. The molecule has 0 radical (unpaired) electrons. The Bertz CT molecular complexity index is 1030. The lowest BCUT2D eigenvalue weighted by Gasteiger charge is -2.22. The summed E-state index contributed by atoms with van der Waals surface area (Å²) >= 11 is 5.21. The summed E-state index contributed by atoms with van der Waals surface area (Å²) in [4.78, 5) is 12.3. The van der Waals surface area contributed by atoms with E-state index in [1.165, 1.54) is 24.3 Å². The van der Waals surface area contributed by atoms with Gasteiger partial charge >= 0.3 is 6.18 Å². The first-order chi connectivity index (χ1) is 13.8. The molecule has 5 nitrogen and oxygen atoms in total. The third-order valence-electron chi connectivity index (χ3n) is 4.40. The molecule has 3 rings (SSSR count). The van der Waals surface area contributed by atoms with E-state index in [0.717, 1.165) is 11.1 Å². The Hall–Kier alpha value is -2.94. The van der Waals surface area contributed by atoms with Gasteiger partial charge in [-0.3, -0.25) is 14.5 Å². The highest BCUT2D eigenvalue weighted by Crippen LogP contribution is 2.32. The Kier molecular flexibility index (Phi) is 6.17. The van der Waals surface area contributed by atoms with Crippen LogP contribution in [-0.4, -0.2) is 26.8 Å². The second kappa shape index (κ2) is 8.60. The predicted molar refractivity (Wildman–Crippen MR) is 106 cm³/mol. The number of aromatic nitrogens is 3. The van der Waals surface area contributed by atoms with E-state index in [1.54, 1.807) is 10.6 Å².